The number of amides is 3. The molecule has 0 unspecified atom stereocenters. The van der Waals surface area contributed by atoms with Crippen LogP contribution >= 0.6 is 0 Å². The molecular weight excluding hydrogens is 356 g/mol. The third-order valence-electron chi connectivity index (χ3n) is 4.95. The lowest BCUT2D eigenvalue weighted by molar-refractivity contribution is -0.117. The Morgan fingerprint density at radius 2 is 1.86 bits per heavy atom. The quantitative estimate of drug-likeness (QED) is 0.666. The molecule has 1 aliphatic heterocycles. The molecule has 1 fully saturated rings. The van der Waals surface area contributed by atoms with Gasteiger partial charge in [0.05, 0.1) is 23.5 Å². The summed E-state index contributed by atoms with van der Waals surface area (Å²) in [5.74, 6) is 0.517. The van der Waals surface area contributed by atoms with Crippen LogP contribution in [-0.4, -0.2) is 29.7 Å². The van der Waals surface area contributed by atoms with Crippen molar-refractivity contribution in [2.45, 2.75) is 20.4 Å². The van der Waals surface area contributed by atoms with Gasteiger partial charge in [-0.15, -0.1) is 0 Å². The number of nitrogen functional groups attached to an aromatic ring is 1. The molecular formula is C21H22N4O3. The maximum absolute atomic E-state index is 11.9. The number of rotatable bonds is 5. The van der Waals surface area contributed by atoms with Crippen LogP contribution in [0.4, 0.5) is 16.2 Å². The maximum Gasteiger partial charge on any atom is 0.329 e. The number of ether oxygens (including phenoxy) is 1. The van der Waals surface area contributed by atoms with E-state index in [-0.39, 0.29) is 12.5 Å². The molecule has 0 saturated carbocycles. The fraction of sp³-hybridized carbons (Fsp3) is 0.238. The first-order valence-electron chi connectivity index (χ1n) is 9.29. The highest BCUT2D eigenvalue weighted by molar-refractivity contribution is 6.12. The SMILES string of the molecule is CCOc1ccc2c(N)c(-c3ccc(N4CC(=O)NC4=O)cc3)n(CC)c2c1. The second-order valence-electron chi connectivity index (χ2n) is 6.60. The Bertz CT molecular complexity index is 1070. The number of carbonyl (C=O) groups is 2. The molecule has 144 valence electrons. The minimum atomic E-state index is -0.400. The van der Waals surface area contributed by atoms with E-state index in [0.717, 1.165) is 34.5 Å². The van der Waals surface area contributed by atoms with Crippen molar-refractivity contribution in [2.24, 2.45) is 0 Å². The summed E-state index contributed by atoms with van der Waals surface area (Å²) in [6, 6.07) is 13.0. The molecule has 2 aromatic carbocycles. The molecule has 3 N–H and O–H groups in total. The monoisotopic (exact) mass is 378 g/mol. The fourth-order valence-corrected chi connectivity index (χ4v) is 3.70. The van der Waals surface area contributed by atoms with E-state index in [1.807, 2.05) is 49.4 Å². The van der Waals surface area contributed by atoms with Crippen molar-refractivity contribution in [3.63, 3.8) is 0 Å². The number of imide groups is 1. The van der Waals surface area contributed by atoms with Gasteiger partial charge in [-0.25, -0.2) is 4.79 Å². The normalized spacial score (nSPS) is 14.0. The summed E-state index contributed by atoms with van der Waals surface area (Å²) in [5.41, 5.74) is 10.8. The zero-order chi connectivity index (χ0) is 19.8. The van der Waals surface area contributed by atoms with Crippen LogP contribution < -0.4 is 20.7 Å². The van der Waals surface area contributed by atoms with Crippen molar-refractivity contribution in [1.29, 1.82) is 0 Å². The Hall–Kier alpha value is -3.48. The number of nitrogens with zero attached hydrogens (tertiary/aromatic N) is 2. The number of hydrogen-bond acceptors (Lipinski definition) is 4. The highest BCUT2D eigenvalue weighted by Crippen LogP contribution is 2.38. The van der Waals surface area contributed by atoms with Gasteiger partial charge in [-0.2, -0.15) is 0 Å². The Balaban J connectivity index is 1.77. The largest absolute Gasteiger partial charge is 0.494 e. The Morgan fingerprint density at radius 3 is 2.46 bits per heavy atom. The van der Waals surface area contributed by atoms with E-state index >= 15 is 0 Å². The van der Waals surface area contributed by atoms with Gasteiger partial charge in [0.15, 0.2) is 0 Å². The average molecular weight is 378 g/mol. The third kappa shape index (κ3) is 2.85. The van der Waals surface area contributed by atoms with E-state index in [4.69, 9.17) is 10.5 Å². The lowest BCUT2D eigenvalue weighted by atomic mass is 10.1. The summed E-state index contributed by atoms with van der Waals surface area (Å²) in [6.07, 6.45) is 0. The zero-order valence-corrected chi connectivity index (χ0v) is 15.9. The van der Waals surface area contributed by atoms with E-state index in [2.05, 4.69) is 16.8 Å². The number of nitrogens with one attached hydrogen (secondary N) is 1. The number of benzene rings is 2. The predicted molar refractivity (Wildman–Crippen MR) is 110 cm³/mol. The van der Waals surface area contributed by atoms with Crippen molar-refractivity contribution < 1.29 is 14.3 Å². The number of aromatic nitrogens is 1. The van der Waals surface area contributed by atoms with Crippen LogP contribution in [0, 0.1) is 0 Å². The fourth-order valence-electron chi connectivity index (χ4n) is 3.70. The predicted octanol–water partition coefficient (Wildman–Crippen LogP) is 3.37. The van der Waals surface area contributed by atoms with Crippen molar-refractivity contribution in [3.8, 4) is 17.0 Å². The van der Waals surface area contributed by atoms with Crippen molar-refractivity contribution in [1.82, 2.24) is 9.88 Å². The van der Waals surface area contributed by atoms with E-state index in [1.54, 1.807) is 0 Å². The van der Waals surface area contributed by atoms with Crippen LogP contribution in [0.25, 0.3) is 22.2 Å². The molecule has 0 bridgehead atoms. The Labute approximate surface area is 162 Å². The molecule has 0 radical (unpaired) electrons. The number of urea groups is 1. The number of nitrogens with two attached hydrogens (primary N) is 1. The van der Waals surface area contributed by atoms with Crippen molar-refractivity contribution in [2.75, 3.05) is 23.8 Å². The number of anilines is 2. The minimum absolute atomic E-state index is 0.0374. The van der Waals surface area contributed by atoms with Gasteiger partial charge in [-0.3, -0.25) is 15.0 Å². The maximum atomic E-state index is 11.9. The van der Waals surface area contributed by atoms with Gasteiger partial charge in [0.1, 0.15) is 12.3 Å². The molecule has 3 amide bonds. The molecule has 0 aliphatic carbocycles. The number of hydrogen-bond donors (Lipinski definition) is 2. The molecule has 2 heterocycles. The molecule has 28 heavy (non-hydrogen) atoms. The molecule has 1 aromatic heterocycles. The van der Waals surface area contributed by atoms with Crippen LogP contribution in [0.5, 0.6) is 5.75 Å². The van der Waals surface area contributed by atoms with E-state index < -0.39 is 6.03 Å². The van der Waals surface area contributed by atoms with Crippen LogP contribution in [0.2, 0.25) is 0 Å². The van der Waals surface area contributed by atoms with Crippen LogP contribution in [-0.2, 0) is 11.3 Å². The minimum Gasteiger partial charge on any atom is -0.494 e. The van der Waals surface area contributed by atoms with Crippen LogP contribution in [0.3, 0.4) is 0 Å². The van der Waals surface area contributed by atoms with Gasteiger partial charge in [0, 0.05) is 29.2 Å². The number of aryl methyl sites for hydroxylation is 1. The molecule has 7 nitrogen and oxygen atoms in total. The zero-order valence-electron chi connectivity index (χ0n) is 15.9. The highest BCUT2D eigenvalue weighted by Gasteiger charge is 2.28. The van der Waals surface area contributed by atoms with Gasteiger partial charge in [0.25, 0.3) is 0 Å². The first-order chi connectivity index (χ1) is 13.5. The lowest BCUT2D eigenvalue weighted by Crippen LogP contribution is -2.27. The highest BCUT2D eigenvalue weighted by atomic mass is 16.5. The van der Waals surface area contributed by atoms with E-state index in [1.165, 1.54) is 4.90 Å². The first kappa shape index (κ1) is 17.9. The molecule has 1 saturated heterocycles. The summed E-state index contributed by atoms with van der Waals surface area (Å²) in [7, 11) is 0. The van der Waals surface area contributed by atoms with Crippen LogP contribution in [0.15, 0.2) is 42.5 Å². The number of carbonyl (C=O) groups excluding carboxylic acids is 2. The van der Waals surface area contributed by atoms with E-state index in [9.17, 15) is 9.59 Å². The van der Waals surface area contributed by atoms with Crippen molar-refractivity contribution >= 4 is 34.2 Å². The number of fused-ring (bicyclic) bond motifs is 1. The van der Waals surface area contributed by atoms with Crippen LogP contribution in [0.1, 0.15) is 13.8 Å². The summed E-state index contributed by atoms with van der Waals surface area (Å²) < 4.78 is 7.80. The lowest BCUT2D eigenvalue weighted by Gasteiger charge is -2.14. The Kier molecular flexibility index (Phi) is 4.43. The average Bonchev–Trinajstić information content (AvgIpc) is 3.17. The van der Waals surface area contributed by atoms with Gasteiger partial charge in [0.2, 0.25) is 5.91 Å². The molecule has 7 heteroatoms. The summed E-state index contributed by atoms with van der Waals surface area (Å²) in [5, 5.41) is 3.26. The van der Waals surface area contributed by atoms with Crippen molar-refractivity contribution in [3.05, 3.63) is 42.5 Å². The van der Waals surface area contributed by atoms with E-state index in [0.29, 0.717) is 18.0 Å². The van der Waals surface area contributed by atoms with Gasteiger partial charge in [-0.05, 0) is 38.1 Å². The Morgan fingerprint density at radius 1 is 1.11 bits per heavy atom. The topological polar surface area (TPSA) is 89.6 Å². The molecule has 4 rings (SSSR count). The molecule has 0 spiro atoms. The summed E-state index contributed by atoms with van der Waals surface area (Å²) in [4.78, 5) is 24.7. The molecule has 0 atom stereocenters. The summed E-state index contributed by atoms with van der Waals surface area (Å²) in [6.45, 7) is 5.43. The second-order valence-corrected chi connectivity index (χ2v) is 6.60. The standard InChI is InChI=1S/C21H22N4O3/c1-3-24-17-11-15(28-4-2)9-10-16(17)19(22)20(24)13-5-7-14(8-6-13)25-12-18(26)23-21(25)27/h5-11H,3-4,12,22H2,1-2H3,(H,23,26,27). The second kappa shape index (κ2) is 6.92. The first-order valence-corrected chi connectivity index (χ1v) is 9.29. The molecule has 3 aromatic rings. The third-order valence-corrected chi connectivity index (χ3v) is 4.95. The molecule has 1 aliphatic rings. The van der Waals surface area contributed by atoms with Gasteiger partial charge in [-0.1, -0.05) is 12.1 Å². The van der Waals surface area contributed by atoms with Gasteiger partial charge < -0.3 is 15.0 Å². The van der Waals surface area contributed by atoms with Gasteiger partial charge >= 0.3 is 6.03 Å². The summed E-state index contributed by atoms with van der Waals surface area (Å²) >= 11 is 0. The smallest absolute Gasteiger partial charge is 0.329 e.